The number of rotatable bonds is 1. The fraction of sp³-hybridized carbons (Fsp3) is 0.364. The van der Waals surface area contributed by atoms with Gasteiger partial charge in [0.2, 0.25) is 5.91 Å². The van der Waals surface area contributed by atoms with Crippen LogP contribution < -0.4 is 0 Å². The fourth-order valence-corrected chi connectivity index (χ4v) is 1.88. The van der Waals surface area contributed by atoms with Crippen LogP contribution in [0.2, 0.25) is 0 Å². The molecule has 1 aromatic rings. The van der Waals surface area contributed by atoms with Gasteiger partial charge in [-0.25, -0.2) is 0 Å². The van der Waals surface area contributed by atoms with Gasteiger partial charge in [0.1, 0.15) is 0 Å². The van der Waals surface area contributed by atoms with Gasteiger partial charge < -0.3 is 5.11 Å². The van der Waals surface area contributed by atoms with Gasteiger partial charge in [-0.15, -0.1) is 0 Å². The molecule has 2 heterocycles. The first-order valence-electron chi connectivity index (χ1n) is 5.02. The highest BCUT2D eigenvalue weighted by Gasteiger charge is 2.43. The Hall–Kier alpha value is -1.75. The number of hydrazone groups is 1. The predicted octanol–water partition coefficient (Wildman–Crippen LogP) is 0.855. The Bertz CT molecular complexity index is 444. The van der Waals surface area contributed by atoms with Gasteiger partial charge in [-0.2, -0.15) is 10.1 Å². The highest BCUT2D eigenvalue weighted by atomic mass is 16.3. The van der Waals surface area contributed by atoms with Crippen molar-refractivity contribution >= 4 is 11.6 Å². The summed E-state index contributed by atoms with van der Waals surface area (Å²) in [7, 11) is 0. The van der Waals surface area contributed by atoms with E-state index in [1.165, 1.54) is 6.92 Å². The van der Waals surface area contributed by atoms with E-state index in [0.717, 1.165) is 10.7 Å². The Labute approximate surface area is 93.4 Å². The van der Waals surface area contributed by atoms with Gasteiger partial charge in [-0.3, -0.25) is 9.78 Å². The third-order valence-electron chi connectivity index (χ3n) is 2.55. The van der Waals surface area contributed by atoms with Gasteiger partial charge in [0, 0.05) is 37.0 Å². The monoisotopic (exact) mass is 219 g/mol. The third-order valence-corrected chi connectivity index (χ3v) is 2.55. The topological polar surface area (TPSA) is 65.8 Å². The van der Waals surface area contributed by atoms with Crippen molar-refractivity contribution in [1.82, 2.24) is 9.99 Å². The smallest absolute Gasteiger partial charge is 0.242 e. The number of carbonyl (C=O) groups excluding carboxylic acids is 1. The molecular weight excluding hydrogens is 206 g/mol. The van der Waals surface area contributed by atoms with Crippen molar-refractivity contribution in [1.29, 1.82) is 0 Å². The molecule has 0 radical (unpaired) electrons. The van der Waals surface area contributed by atoms with Gasteiger partial charge >= 0.3 is 0 Å². The van der Waals surface area contributed by atoms with Crippen LogP contribution in [0.15, 0.2) is 29.6 Å². The summed E-state index contributed by atoms with van der Waals surface area (Å²) in [4.78, 5) is 15.4. The third kappa shape index (κ3) is 1.59. The van der Waals surface area contributed by atoms with E-state index in [1.807, 2.05) is 0 Å². The number of aliphatic hydroxyl groups is 1. The molecule has 84 valence electrons. The first-order valence-corrected chi connectivity index (χ1v) is 5.02. The lowest BCUT2D eigenvalue weighted by atomic mass is 9.99. The molecule has 0 aliphatic carbocycles. The highest BCUT2D eigenvalue weighted by Crippen LogP contribution is 2.34. The van der Waals surface area contributed by atoms with E-state index in [9.17, 15) is 9.90 Å². The standard InChI is InChI=1S/C11H13N3O2/c1-8-6-11(16,14(13-8)9(2)15)10-4-3-5-12-7-10/h3-5,7,16H,6H2,1-2H3. The largest absolute Gasteiger partial charge is 0.365 e. The van der Waals surface area contributed by atoms with Gasteiger partial charge in [-0.1, -0.05) is 6.07 Å². The summed E-state index contributed by atoms with van der Waals surface area (Å²) >= 11 is 0. The average molecular weight is 219 g/mol. The van der Waals surface area contributed by atoms with Crippen molar-refractivity contribution in [3.05, 3.63) is 30.1 Å². The molecule has 1 N–H and O–H groups in total. The molecule has 1 aliphatic heterocycles. The zero-order valence-electron chi connectivity index (χ0n) is 9.21. The summed E-state index contributed by atoms with van der Waals surface area (Å²) in [5, 5.41) is 15.7. The van der Waals surface area contributed by atoms with E-state index < -0.39 is 5.72 Å². The fourth-order valence-electron chi connectivity index (χ4n) is 1.88. The Morgan fingerprint density at radius 3 is 2.94 bits per heavy atom. The lowest BCUT2D eigenvalue weighted by molar-refractivity contribution is -0.155. The Morgan fingerprint density at radius 2 is 2.38 bits per heavy atom. The number of carbonyl (C=O) groups is 1. The van der Waals surface area contributed by atoms with Crippen molar-refractivity contribution in [3.8, 4) is 0 Å². The maximum absolute atomic E-state index is 11.4. The summed E-state index contributed by atoms with van der Waals surface area (Å²) in [6.45, 7) is 3.16. The van der Waals surface area contributed by atoms with Crippen LogP contribution in [-0.4, -0.2) is 26.7 Å². The van der Waals surface area contributed by atoms with Gasteiger partial charge in [-0.05, 0) is 13.0 Å². The minimum atomic E-state index is -1.38. The van der Waals surface area contributed by atoms with E-state index in [-0.39, 0.29) is 5.91 Å². The zero-order chi connectivity index (χ0) is 11.8. The van der Waals surface area contributed by atoms with E-state index in [4.69, 9.17) is 0 Å². The Balaban J connectivity index is 2.43. The molecule has 5 nitrogen and oxygen atoms in total. The van der Waals surface area contributed by atoms with Crippen LogP contribution in [0.4, 0.5) is 0 Å². The molecule has 0 fully saturated rings. The van der Waals surface area contributed by atoms with Crippen molar-refractivity contribution in [2.75, 3.05) is 0 Å². The molecule has 16 heavy (non-hydrogen) atoms. The summed E-state index contributed by atoms with van der Waals surface area (Å²) < 4.78 is 0. The minimum Gasteiger partial charge on any atom is -0.365 e. The summed E-state index contributed by atoms with van der Waals surface area (Å²) in [6.07, 6.45) is 3.48. The van der Waals surface area contributed by atoms with Crippen molar-refractivity contribution in [2.24, 2.45) is 5.10 Å². The number of pyridine rings is 1. The second-order valence-electron chi connectivity index (χ2n) is 3.90. The molecule has 1 aromatic heterocycles. The maximum Gasteiger partial charge on any atom is 0.242 e. The van der Waals surface area contributed by atoms with Gasteiger partial charge in [0.25, 0.3) is 0 Å². The molecule has 0 saturated carbocycles. The Kier molecular flexibility index (Phi) is 2.47. The number of hydrogen-bond donors (Lipinski definition) is 1. The van der Waals surface area contributed by atoms with E-state index in [2.05, 4.69) is 10.1 Å². The van der Waals surface area contributed by atoms with Crippen LogP contribution in [0.25, 0.3) is 0 Å². The molecule has 0 bridgehead atoms. The first-order chi connectivity index (χ1) is 7.54. The quantitative estimate of drug-likeness (QED) is 0.761. The molecule has 0 spiro atoms. The van der Waals surface area contributed by atoms with E-state index in [0.29, 0.717) is 12.0 Å². The number of hydrogen-bond acceptors (Lipinski definition) is 4. The second kappa shape index (κ2) is 3.68. The normalized spacial score (nSPS) is 24.4. The predicted molar refractivity (Wildman–Crippen MR) is 58.4 cm³/mol. The molecule has 1 unspecified atom stereocenters. The van der Waals surface area contributed by atoms with Gasteiger partial charge in [0.15, 0.2) is 5.72 Å². The van der Waals surface area contributed by atoms with Crippen molar-refractivity contribution in [2.45, 2.75) is 26.0 Å². The number of amides is 1. The molecule has 0 saturated heterocycles. The lowest BCUT2D eigenvalue weighted by Crippen LogP contribution is -2.42. The second-order valence-corrected chi connectivity index (χ2v) is 3.90. The van der Waals surface area contributed by atoms with Crippen LogP contribution in [0, 0.1) is 0 Å². The van der Waals surface area contributed by atoms with Crippen LogP contribution in [0.5, 0.6) is 0 Å². The van der Waals surface area contributed by atoms with Crippen molar-refractivity contribution in [3.63, 3.8) is 0 Å². The van der Waals surface area contributed by atoms with E-state index in [1.54, 1.807) is 31.5 Å². The van der Waals surface area contributed by atoms with Gasteiger partial charge in [0.05, 0.1) is 0 Å². The number of aromatic nitrogens is 1. The van der Waals surface area contributed by atoms with Crippen LogP contribution in [0.1, 0.15) is 25.8 Å². The highest BCUT2D eigenvalue weighted by molar-refractivity contribution is 5.88. The molecule has 1 aliphatic rings. The maximum atomic E-state index is 11.4. The van der Waals surface area contributed by atoms with Crippen molar-refractivity contribution < 1.29 is 9.90 Å². The van der Waals surface area contributed by atoms with Crippen LogP contribution >= 0.6 is 0 Å². The average Bonchev–Trinajstić information content (AvgIpc) is 2.57. The molecule has 0 aromatic carbocycles. The van der Waals surface area contributed by atoms with Crippen LogP contribution in [0.3, 0.4) is 0 Å². The lowest BCUT2D eigenvalue weighted by Gasteiger charge is -2.30. The zero-order valence-corrected chi connectivity index (χ0v) is 9.21. The summed E-state index contributed by atoms with van der Waals surface area (Å²) in [5.74, 6) is -0.289. The molecule has 5 heteroatoms. The molecule has 1 amide bonds. The molecular formula is C11H13N3O2. The van der Waals surface area contributed by atoms with E-state index >= 15 is 0 Å². The summed E-state index contributed by atoms with van der Waals surface area (Å²) in [5.41, 5.74) is -0.0863. The summed E-state index contributed by atoms with van der Waals surface area (Å²) in [6, 6.07) is 3.45. The Morgan fingerprint density at radius 1 is 1.62 bits per heavy atom. The molecule has 2 rings (SSSR count). The SMILES string of the molecule is CC(=O)N1N=C(C)CC1(O)c1cccnc1. The molecule has 1 atom stereocenters. The van der Waals surface area contributed by atoms with Crippen LogP contribution in [-0.2, 0) is 10.5 Å². The minimum absolute atomic E-state index is 0.289. The number of nitrogens with zero attached hydrogens (tertiary/aromatic N) is 3. The first kappa shape index (κ1) is 10.8.